The highest BCUT2D eigenvalue weighted by Crippen LogP contribution is 2.34. The first-order valence-electron chi connectivity index (χ1n) is 6.08. The lowest BCUT2D eigenvalue weighted by atomic mass is 10.2. The van der Waals surface area contributed by atoms with Crippen LogP contribution < -0.4 is 10.1 Å². The van der Waals surface area contributed by atoms with Crippen LogP contribution in [0.1, 0.15) is 39.2 Å². The van der Waals surface area contributed by atoms with Crippen LogP contribution in [-0.4, -0.2) is 11.6 Å². The number of hydrogen-bond acceptors (Lipinski definition) is 2. The van der Waals surface area contributed by atoms with Crippen LogP contribution in [0, 0.1) is 0 Å². The summed E-state index contributed by atoms with van der Waals surface area (Å²) in [4.78, 5) is 0. The van der Waals surface area contributed by atoms with Gasteiger partial charge in [-0.2, -0.15) is 0 Å². The SMILES string of the molecule is CC(C)Oc1ccc(CNC2(C)CC2)cc1. The first-order chi connectivity index (χ1) is 7.57. The van der Waals surface area contributed by atoms with Crippen molar-refractivity contribution in [1.82, 2.24) is 5.32 Å². The Morgan fingerprint density at radius 3 is 2.38 bits per heavy atom. The second kappa shape index (κ2) is 4.46. The van der Waals surface area contributed by atoms with Crippen LogP contribution in [-0.2, 0) is 6.54 Å². The van der Waals surface area contributed by atoms with Crippen LogP contribution in [0.2, 0.25) is 0 Å². The second-order valence-corrected chi connectivity index (χ2v) is 5.22. The highest BCUT2D eigenvalue weighted by atomic mass is 16.5. The Morgan fingerprint density at radius 2 is 1.88 bits per heavy atom. The minimum atomic E-state index is 0.245. The second-order valence-electron chi connectivity index (χ2n) is 5.22. The molecule has 0 heterocycles. The zero-order valence-corrected chi connectivity index (χ0v) is 10.4. The van der Waals surface area contributed by atoms with E-state index in [0.717, 1.165) is 12.3 Å². The molecule has 0 saturated heterocycles. The van der Waals surface area contributed by atoms with Crippen LogP contribution in [0.15, 0.2) is 24.3 Å². The van der Waals surface area contributed by atoms with Crippen LogP contribution in [0.4, 0.5) is 0 Å². The molecule has 0 amide bonds. The third kappa shape index (κ3) is 3.24. The van der Waals surface area contributed by atoms with E-state index in [1.807, 2.05) is 26.0 Å². The summed E-state index contributed by atoms with van der Waals surface area (Å²) < 4.78 is 5.61. The van der Waals surface area contributed by atoms with Crippen molar-refractivity contribution in [3.63, 3.8) is 0 Å². The standard InChI is InChI=1S/C14H21NO/c1-11(2)16-13-6-4-12(5-7-13)10-15-14(3)8-9-14/h4-7,11,15H,8-10H2,1-3H3. The molecule has 0 aliphatic heterocycles. The van der Waals surface area contributed by atoms with Gasteiger partial charge in [0.15, 0.2) is 0 Å². The summed E-state index contributed by atoms with van der Waals surface area (Å²) in [7, 11) is 0. The molecule has 1 aromatic carbocycles. The quantitative estimate of drug-likeness (QED) is 0.821. The molecule has 2 heteroatoms. The average molecular weight is 219 g/mol. The van der Waals surface area contributed by atoms with E-state index in [1.54, 1.807) is 0 Å². The zero-order valence-electron chi connectivity index (χ0n) is 10.4. The average Bonchev–Trinajstić information content (AvgIpc) is 2.96. The molecule has 0 spiro atoms. The van der Waals surface area contributed by atoms with E-state index in [9.17, 15) is 0 Å². The fourth-order valence-electron chi connectivity index (χ4n) is 1.64. The molecule has 1 aliphatic carbocycles. The lowest BCUT2D eigenvalue weighted by molar-refractivity contribution is 0.242. The molecule has 0 bridgehead atoms. The summed E-state index contributed by atoms with van der Waals surface area (Å²) in [5.41, 5.74) is 1.73. The van der Waals surface area contributed by atoms with E-state index < -0.39 is 0 Å². The maximum atomic E-state index is 5.61. The Hall–Kier alpha value is -1.02. The van der Waals surface area contributed by atoms with Crippen LogP contribution in [0.25, 0.3) is 0 Å². The first-order valence-corrected chi connectivity index (χ1v) is 6.08. The summed E-state index contributed by atoms with van der Waals surface area (Å²) in [6.45, 7) is 7.33. The Labute approximate surface area is 98.0 Å². The number of benzene rings is 1. The molecule has 0 aromatic heterocycles. The summed E-state index contributed by atoms with van der Waals surface area (Å²) in [6, 6.07) is 8.37. The van der Waals surface area contributed by atoms with Gasteiger partial charge in [0.25, 0.3) is 0 Å². The lowest BCUT2D eigenvalue weighted by Gasteiger charge is -2.12. The largest absolute Gasteiger partial charge is 0.491 e. The molecule has 16 heavy (non-hydrogen) atoms. The number of nitrogens with one attached hydrogen (secondary N) is 1. The zero-order chi connectivity index (χ0) is 11.6. The van der Waals surface area contributed by atoms with E-state index in [-0.39, 0.29) is 6.10 Å². The molecule has 1 fully saturated rings. The Balaban J connectivity index is 1.86. The summed E-state index contributed by atoms with van der Waals surface area (Å²) in [6.07, 6.45) is 2.86. The van der Waals surface area contributed by atoms with E-state index in [1.165, 1.54) is 18.4 Å². The molecule has 88 valence electrons. The van der Waals surface area contributed by atoms with Crippen molar-refractivity contribution >= 4 is 0 Å². The number of hydrogen-bond donors (Lipinski definition) is 1. The third-order valence-corrected chi connectivity index (χ3v) is 3.01. The maximum Gasteiger partial charge on any atom is 0.119 e. The van der Waals surface area contributed by atoms with Gasteiger partial charge >= 0.3 is 0 Å². The lowest BCUT2D eigenvalue weighted by Crippen LogP contribution is -2.26. The summed E-state index contributed by atoms with van der Waals surface area (Å²) in [5, 5.41) is 3.57. The molecule has 0 unspecified atom stereocenters. The van der Waals surface area contributed by atoms with Gasteiger partial charge in [-0.1, -0.05) is 12.1 Å². The van der Waals surface area contributed by atoms with Crippen molar-refractivity contribution in [2.45, 2.75) is 51.8 Å². The highest BCUT2D eigenvalue weighted by molar-refractivity contribution is 5.27. The number of ether oxygens (including phenoxy) is 1. The molecule has 1 aliphatic rings. The predicted octanol–water partition coefficient (Wildman–Crippen LogP) is 3.12. The Morgan fingerprint density at radius 1 is 1.25 bits per heavy atom. The predicted molar refractivity (Wildman–Crippen MR) is 66.7 cm³/mol. The normalized spacial score (nSPS) is 17.5. The van der Waals surface area contributed by atoms with Crippen LogP contribution in [0.3, 0.4) is 0 Å². The highest BCUT2D eigenvalue weighted by Gasteiger charge is 2.36. The van der Waals surface area contributed by atoms with Crippen molar-refractivity contribution in [2.75, 3.05) is 0 Å². The van der Waals surface area contributed by atoms with Gasteiger partial charge in [0, 0.05) is 12.1 Å². The third-order valence-electron chi connectivity index (χ3n) is 3.01. The van der Waals surface area contributed by atoms with E-state index >= 15 is 0 Å². The van der Waals surface area contributed by atoms with Crippen LogP contribution >= 0.6 is 0 Å². The molecular formula is C14H21NO. The van der Waals surface area contributed by atoms with Gasteiger partial charge in [0.2, 0.25) is 0 Å². The molecule has 0 atom stereocenters. The van der Waals surface area contributed by atoms with Crippen molar-refractivity contribution in [2.24, 2.45) is 0 Å². The van der Waals surface area contributed by atoms with Crippen LogP contribution in [0.5, 0.6) is 5.75 Å². The minimum absolute atomic E-state index is 0.245. The monoisotopic (exact) mass is 219 g/mol. The Kier molecular flexibility index (Phi) is 3.20. The van der Waals surface area contributed by atoms with E-state index in [0.29, 0.717) is 5.54 Å². The first kappa shape index (κ1) is 11.5. The molecular weight excluding hydrogens is 198 g/mol. The fraction of sp³-hybridized carbons (Fsp3) is 0.571. The Bertz CT molecular complexity index is 338. The topological polar surface area (TPSA) is 21.3 Å². The van der Waals surface area contributed by atoms with Gasteiger partial charge in [-0.15, -0.1) is 0 Å². The van der Waals surface area contributed by atoms with Gasteiger partial charge in [-0.05, 0) is 51.3 Å². The van der Waals surface area contributed by atoms with Crippen molar-refractivity contribution in [1.29, 1.82) is 0 Å². The molecule has 1 aromatic rings. The fourth-order valence-corrected chi connectivity index (χ4v) is 1.64. The molecule has 2 rings (SSSR count). The van der Waals surface area contributed by atoms with Gasteiger partial charge < -0.3 is 10.1 Å². The van der Waals surface area contributed by atoms with Crippen molar-refractivity contribution in [3.05, 3.63) is 29.8 Å². The van der Waals surface area contributed by atoms with Gasteiger partial charge in [0.05, 0.1) is 6.10 Å². The maximum absolute atomic E-state index is 5.61. The molecule has 2 nitrogen and oxygen atoms in total. The molecule has 1 N–H and O–H groups in total. The number of rotatable bonds is 5. The summed E-state index contributed by atoms with van der Waals surface area (Å²) in [5.74, 6) is 0.955. The van der Waals surface area contributed by atoms with Gasteiger partial charge in [-0.3, -0.25) is 0 Å². The molecule has 1 saturated carbocycles. The van der Waals surface area contributed by atoms with Gasteiger partial charge in [-0.25, -0.2) is 0 Å². The summed E-state index contributed by atoms with van der Waals surface area (Å²) >= 11 is 0. The van der Waals surface area contributed by atoms with Gasteiger partial charge in [0.1, 0.15) is 5.75 Å². The minimum Gasteiger partial charge on any atom is -0.491 e. The van der Waals surface area contributed by atoms with Crippen molar-refractivity contribution < 1.29 is 4.74 Å². The van der Waals surface area contributed by atoms with E-state index in [2.05, 4.69) is 24.4 Å². The van der Waals surface area contributed by atoms with E-state index in [4.69, 9.17) is 4.74 Å². The molecule has 0 radical (unpaired) electrons. The van der Waals surface area contributed by atoms with Crippen molar-refractivity contribution in [3.8, 4) is 5.75 Å². The smallest absolute Gasteiger partial charge is 0.119 e.